The fourth-order valence-electron chi connectivity index (χ4n) is 2.98. The van der Waals surface area contributed by atoms with Crippen LogP contribution in [0.1, 0.15) is 25.5 Å². The topological polar surface area (TPSA) is 45.5 Å². The molecule has 1 aliphatic rings. The van der Waals surface area contributed by atoms with E-state index in [0.717, 1.165) is 18.6 Å². The van der Waals surface area contributed by atoms with Gasteiger partial charge in [0.1, 0.15) is 11.6 Å². The van der Waals surface area contributed by atoms with Gasteiger partial charge >= 0.3 is 0 Å². The predicted molar refractivity (Wildman–Crippen MR) is 91.8 cm³/mol. The van der Waals surface area contributed by atoms with E-state index in [4.69, 9.17) is 16.0 Å². The highest BCUT2D eigenvalue weighted by molar-refractivity contribution is 6.30. The Labute approximate surface area is 145 Å². The summed E-state index contributed by atoms with van der Waals surface area (Å²) in [4.78, 5) is 14.2. The van der Waals surface area contributed by atoms with E-state index in [-0.39, 0.29) is 23.0 Å². The van der Waals surface area contributed by atoms with Crippen molar-refractivity contribution in [2.75, 3.05) is 11.4 Å². The lowest BCUT2D eigenvalue weighted by Gasteiger charge is -2.20. The van der Waals surface area contributed by atoms with Gasteiger partial charge in [0.25, 0.3) is 0 Å². The third-order valence-corrected chi connectivity index (χ3v) is 4.62. The first-order valence-electron chi connectivity index (χ1n) is 8.09. The van der Waals surface area contributed by atoms with Gasteiger partial charge in [-0.1, -0.05) is 11.6 Å². The molecule has 1 amide bonds. The molecule has 2 atom stereocenters. The van der Waals surface area contributed by atoms with Gasteiger partial charge in [-0.25, -0.2) is 4.39 Å². The summed E-state index contributed by atoms with van der Waals surface area (Å²) >= 11 is 5.70. The van der Waals surface area contributed by atoms with Crippen LogP contribution in [0.2, 0.25) is 5.02 Å². The van der Waals surface area contributed by atoms with E-state index in [1.165, 1.54) is 12.1 Å². The Bertz CT molecular complexity index is 705. The van der Waals surface area contributed by atoms with Crippen LogP contribution in [0.3, 0.4) is 0 Å². The van der Waals surface area contributed by atoms with Crippen molar-refractivity contribution < 1.29 is 13.6 Å². The maximum Gasteiger partial charge on any atom is 0.244 e. The molecule has 6 heteroatoms. The first-order valence-corrected chi connectivity index (χ1v) is 8.47. The molecular formula is C18H20ClFN2O2. The van der Waals surface area contributed by atoms with Crippen molar-refractivity contribution in [3.8, 4) is 0 Å². The number of rotatable bonds is 6. The second kappa shape index (κ2) is 7.36. The summed E-state index contributed by atoms with van der Waals surface area (Å²) < 4.78 is 18.9. The van der Waals surface area contributed by atoms with E-state index in [2.05, 4.69) is 12.2 Å². The van der Waals surface area contributed by atoms with Gasteiger partial charge in [-0.3, -0.25) is 4.79 Å². The smallest absolute Gasteiger partial charge is 0.244 e. The molecule has 2 aromatic rings. The molecule has 2 heterocycles. The zero-order chi connectivity index (χ0) is 17.1. The minimum Gasteiger partial charge on any atom is -0.469 e. The lowest BCUT2D eigenvalue weighted by Crippen LogP contribution is -2.42. The molecular weight excluding hydrogens is 331 g/mol. The summed E-state index contributed by atoms with van der Waals surface area (Å²) in [6.45, 7) is 2.63. The fraction of sp³-hybridized carbons (Fsp3) is 0.389. The van der Waals surface area contributed by atoms with Crippen LogP contribution in [0, 0.1) is 5.82 Å². The molecule has 0 bridgehead atoms. The Morgan fingerprint density at radius 2 is 2.29 bits per heavy atom. The molecule has 0 saturated carbocycles. The number of aryl methyl sites for hydroxylation is 1. The number of carbonyl (C=O) groups excluding carboxylic acids is 1. The molecule has 4 nitrogen and oxygen atoms in total. The van der Waals surface area contributed by atoms with Crippen LogP contribution >= 0.6 is 11.6 Å². The molecule has 2 unspecified atom stereocenters. The number of hydrogen-bond donors (Lipinski definition) is 1. The summed E-state index contributed by atoms with van der Waals surface area (Å²) in [5.74, 6) is 0.409. The van der Waals surface area contributed by atoms with Crippen molar-refractivity contribution in [1.29, 1.82) is 0 Å². The maximum absolute atomic E-state index is 13.6. The SMILES string of the molecule is CC(CCc1ccco1)NC1CCN(c2ccc(Cl)c(F)c2)C1=O. The molecule has 0 aliphatic carbocycles. The van der Waals surface area contributed by atoms with Crippen LogP contribution in [0.15, 0.2) is 41.0 Å². The first kappa shape index (κ1) is 17.0. The van der Waals surface area contributed by atoms with Gasteiger partial charge in [0.2, 0.25) is 5.91 Å². The van der Waals surface area contributed by atoms with E-state index in [0.29, 0.717) is 18.7 Å². The van der Waals surface area contributed by atoms with Gasteiger partial charge in [0, 0.05) is 24.7 Å². The summed E-state index contributed by atoms with van der Waals surface area (Å²) in [5.41, 5.74) is 0.550. The highest BCUT2D eigenvalue weighted by Gasteiger charge is 2.33. The van der Waals surface area contributed by atoms with Crippen molar-refractivity contribution >= 4 is 23.2 Å². The molecule has 1 fully saturated rings. The molecule has 1 N–H and O–H groups in total. The van der Waals surface area contributed by atoms with E-state index in [1.54, 1.807) is 17.2 Å². The number of nitrogens with one attached hydrogen (secondary N) is 1. The molecule has 1 aromatic heterocycles. The Balaban J connectivity index is 1.56. The van der Waals surface area contributed by atoms with Gasteiger partial charge in [-0.2, -0.15) is 0 Å². The lowest BCUT2D eigenvalue weighted by molar-refractivity contribution is -0.119. The summed E-state index contributed by atoms with van der Waals surface area (Å²) in [6.07, 6.45) is 4.08. The van der Waals surface area contributed by atoms with Gasteiger partial charge < -0.3 is 14.6 Å². The summed E-state index contributed by atoms with van der Waals surface area (Å²) in [5, 5.41) is 3.43. The number of hydrogen-bond acceptors (Lipinski definition) is 3. The second-order valence-electron chi connectivity index (χ2n) is 6.12. The van der Waals surface area contributed by atoms with Crippen LogP contribution in [-0.4, -0.2) is 24.5 Å². The average molecular weight is 351 g/mol. The highest BCUT2D eigenvalue weighted by Crippen LogP contribution is 2.26. The normalized spacial score (nSPS) is 19.0. The quantitative estimate of drug-likeness (QED) is 0.862. The number of amides is 1. The minimum atomic E-state index is -0.509. The third kappa shape index (κ3) is 3.79. The standard InChI is InChI=1S/C18H20ClFN2O2/c1-12(4-6-14-3-2-10-24-14)21-17-8-9-22(18(17)23)13-5-7-15(19)16(20)11-13/h2-3,5,7,10-12,17,21H,4,6,8-9H2,1H3. The first-order chi connectivity index (χ1) is 11.5. The Morgan fingerprint density at radius 3 is 3.00 bits per heavy atom. The van der Waals surface area contributed by atoms with Crippen molar-refractivity contribution in [2.45, 2.75) is 38.3 Å². The number of halogens is 2. The van der Waals surface area contributed by atoms with Crippen molar-refractivity contribution in [2.24, 2.45) is 0 Å². The Hall–Kier alpha value is -1.85. The van der Waals surface area contributed by atoms with Crippen LogP contribution in [-0.2, 0) is 11.2 Å². The van der Waals surface area contributed by atoms with Crippen LogP contribution in [0.25, 0.3) is 0 Å². The second-order valence-corrected chi connectivity index (χ2v) is 6.52. The van der Waals surface area contributed by atoms with Crippen LogP contribution < -0.4 is 10.2 Å². The zero-order valence-corrected chi connectivity index (χ0v) is 14.2. The van der Waals surface area contributed by atoms with Gasteiger partial charge in [-0.15, -0.1) is 0 Å². The molecule has 1 saturated heterocycles. The fourth-order valence-corrected chi connectivity index (χ4v) is 3.10. The largest absolute Gasteiger partial charge is 0.469 e. The van der Waals surface area contributed by atoms with Crippen LogP contribution in [0.4, 0.5) is 10.1 Å². The minimum absolute atomic E-state index is 0.0263. The van der Waals surface area contributed by atoms with Gasteiger partial charge in [0.15, 0.2) is 0 Å². The molecule has 0 radical (unpaired) electrons. The Kier molecular flexibility index (Phi) is 5.21. The lowest BCUT2D eigenvalue weighted by atomic mass is 10.1. The molecule has 24 heavy (non-hydrogen) atoms. The van der Waals surface area contributed by atoms with Crippen molar-refractivity contribution in [3.05, 3.63) is 53.2 Å². The monoisotopic (exact) mass is 350 g/mol. The molecule has 1 aliphatic heterocycles. The molecule has 128 valence electrons. The number of anilines is 1. The van der Waals surface area contributed by atoms with E-state index >= 15 is 0 Å². The average Bonchev–Trinajstić information content (AvgIpc) is 3.19. The number of benzene rings is 1. The number of furan rings is 1. The highest BCUT2D eigenvalue weighted by atomic mass is 35.5. The van der Waals surface area contributed by atoms with E-state index < -0.39 is 5.82 Å². The van der Waals surface area contributed by atoms with E-state index in [1.807, 2.05) is 12.1 Å². The van der Waals surface area contributed by atoms with Gasteiger partial charge in [0.05, 0.1) is 17.3 Å². The summed E-state index contributed by atoms with van der Waals surface area (Å²) in [7, 11) is 0. The van der Waals surface area contributed by atoms with Crippen LogP contribution in [0.5, 0.6) is 0 Å². The maximum atomic E-state index is 13.6. The predicted octanol–water partition coefficient (Wildman–Crippen LogP) is 3.79. The number of nitrogens with zero attached hydrogens (tertiary/aromatic N) is 1. The molecule has 1 aromatic carbocycles. The Morgan fingerprint density at radius 1 is 1.46 bits per heavy atom. The van der Waals surface area contributed by atoms with Crippen molar-refractivity contribution in [3.63, 3.8) is 0 Å². The zero-order valence-electron chi connectivity index (χ0n) is 13.5. The summed E-state index contributed by atoms with van der Waals surface area (Å²) in [6, 6.07) is 8.23. The van der Waals surface area contributed by atoms with Gasteiger partial charge in [-0.05, 0) is 50.1 Å². The molecule has 0 spiro atoms. The van der Waals surface area contributed by atoms with E-state index in [9.17, 15) is 9.18 Å². The molecule has 3 rings (SSSR count). The third-order valence-electron chi connectivity index (χ3n) is 4.31. The van der Waals surface area contributed by atoms with Crippen molar-refractivity contribution in [1.82, 2.24) is 5.32 Å². The number of carbonyl (C=O) groups is 1.